The zero-order chi connectivity index (χ0) is 15.8. The summed E-state index contributed by atoms with van der Waals surface area (Å²) in [7, 11) is 0. The molecule has 3 heteroatoms. The van der Waals surface area contributed by atoms with Gasteiger partial charge in [0.15, 0.2) is 0 Å². The van der Waals surface area contributed by atoms with E-state index in [2.05, 4.69) is 29.0 Å². The van der Waals surface area contributed by atoms with Crippen molar-refractivity contribution < 1.29 is 4.39 Å². The molecule has 0 saturated heterocycles. The summed E-state index contributed by atoms with van der Waals surface area (Å²) in [6, 6.07) is 19.3. The van der Waals surface area contributed by atoms with E-state index in [0.29, 0.717) is 13.1 Å². The summed E-state index contributed by atoms with van der Waals surface area (Å²) in [5.74, 6) is -0.204. The van der Waals surface area contributed by atoms with Crippen LogP contribution in [0, 0.1) is 5.82 Å². The second-order valence-corrected chi connectivity index (χ2v) is 5.79. The molecule has 114 valence electrons. The topological polar surface area (TPSA) is 30.9 Å². The molecule has 0 amide bonds. The molecule has 0 atom stereocenters. The Morgan fingerprint density at radius 1 is 0.870 bits per heavy atom. The monoisotopic (exact) mass is 304 g/mol. The van der Waals surface area contributed by atoms with Gasteiger partial charge in [-0.05, 0) is 40.1 Å². The number of halogens is 1. The zero-order valence-electron chi connectivity index (χ0n) is 12.7. The van der Waals surface area contributed by atoms with Crippen molar-refractivity contribution in [2.24, 2.45) is 5.73 Å². The lowest BCUT2D eigenvalue weighted by Gasteiger charge is -2.09. The zero-order valence-corrected chi connectivity index (χ0v) is 12.7. The van der Waals surface area contributed by atoms with Crippen LogP contribution in [0.2, 0.25) is 0 Å². The molecule has 1 heterocycles. The van der Waals surface area contributed by atoms with Crippen molar-refractivity contribution in [2.45, 2.75) is 13.1 Å². The van der Waals surface area contributed by atoms with Gasteiger partial charge >= 0.3 is 0 Å². The fourth-order valence-electron chi connectivity index (χ4n) is 3.25. The normalized spacial score (nSPS) is 11.4. The third kappa shape index (κ3) is 2.39. The van der Waals surface area contributed by atoms with E-state index in [1.807, 2.05) is 30.3 Å². The Balaban J connectivity index is 1.87. The molecule has 3 aromatic carbocycles. The van der Waals surface area contributed by atoms with Gasteiger partial charge in [0.25, 0.3) is 0 Å². The minimum atomic E-state index is -0.204. The Morgan fingerprint density at radius 3 is 2.61 bits per heavy atom. The van der Waals surface area contributed by atoms with E-state index in [1.165, 1.54) is 11.5 Å². The average molecular weight is 304 g/mol. The molecule has 0 spiro atoms. The van der Waals surface area contributed by atoms with Crippen LogP contribution in [-0.4, -0.2) is 4.57 Å². The number of hydrogen-bond donors (Lipinski definition) is 1. The minimum absolute atomic E-state index is 0.204. The van der Waals surface area contributed by atoms with Gasteiger partial charge in [-0.3, -0.25) is 0 Å². The summed E-state index contributed by atoms with van der Waals surface area (Å²) in [4.78, 5) is 0. The van der Waals surface area contributed by atoms with E-state index in [9.17, 15) is 4.39 Å². The van der Waals surface area contributed by atoms with Gasteiger partial charge in [0.2, 0.25) is 0 Å². The molecule has 0 fully saturated rings. The Kier molecular flexibility index (Phi) is 3.36. The third-order valence-electron chi connectivity index (χ3n) is 4.37. The molecule has 2 nitrogen and oxygen atoms in total. The molecule has 0 saturated carbocycles. The van der Waals surface area contributed by atoms with E-state index in [0.717, 1.165) is 27.4 Å². The fraction of sp³-hybridized carbons (Fsp3) is 0.100. The Morgan fingerprint density at radius 2 is 1.74 bits per heavy atom. The molecule has 0 aliphatic rings. The first-order valence-corrected chi connectivity index (χ1v) is 7.70. The molecule has 0 bridgehead atoms. The number of nitrogens with two attached hydrogens (primary N) is 1. The van der Waals surface area contributed by atoms with Crippen molar-refractivity contribution in [3.05, 3.63) is 83.8 Å². The van der Waals surface area contributed by atoms with Gasteiger partial charge in [0.05, 0.1) is 0 Å². The van der Waals surface area contributed by atoms with Crippen LogP contribution in [0.1, 0.15) is 11.1 Å². The summed E-state index contributed by atoms with van der Waals surface area (Å²) < 4.78 is 15.8. The number of aromatic nitrogens is 1. The number of para-hydroxylation sites is 1. The van der Waals surface area contributed by atoms with Crippen molar-refractivity contribution in [2.75, 3.05) is 0 Å². The van der Waals surface area contributed by atoms with E-state index in [-0.39, 0.29) is 5.82 Å². The smallest absolute Gasteiger partial charge is 0.123 e. The van der Waals surface area contributed by atoms with Crippen LogP contribution in [0.5, 0.6) is 0 Å². The highest BCUT2D eigenvalue weighted by Crippen LogP contribution is 2.25. The Labute approximate surface area is 134 Å². The van der Waals surface area contributed by atoms with E-state index < -0.39 is 0 Å². The van der Waals surface area contributed by atoms with Gasteiger partial charge in [-0.25, -0.2) is 4.39 Å². The highest BCUT2D eigenvalue weighted by molar-refractivity contribution is 5.87. The molecular formula is C20H17FN2. The quantitative estimate of drug-likeness (QED) is 0.596. The lowest BCUT2D eigenvalue weighted by atomic mass is 10.0. The van der Waals surface area contributed by atoms with Crippen LogP contribution < -0.4 is 5.73 Å². The summed E-state index contributed by atoms with van der Waals surface area (Å²) in [5.41, 5.74) is 9.26. The summed E-state index contributed by atoms with van der Waals surface area (Å²) >= 11 is 0. The average Bonchev–Trinajstić information content (AvgIpc) is 2.93. The summed E-state index contributed by atoms with van der Waals surface area (Å²) in [6.45, 7) is 1.21. The highest BCUT2D eigenvalue weighted by atomic mass is 19.1. The van der Waals surface area contributed by atoms with Crippen LogP contribution in [0.3, 0.4) is 0 Å². The maximum atomic E-state index is 13.6. The van der Waals surface area contributed by atoms with Crippen LogP contribution in [-0.2, 0) is 13.1 Å². The number of nitrogens with zero attached hydrogens (tertiary/aromatic N) is 1. The molecule has 0 aliphatic heterocycles. The number of hydrogen-bond acceptors (Lipinski definition) is 1. The molecule has 4 aromatic rings. The number of fused-ring (bicyclic) bond motifs is 2. The highest BCUT2D eigenvalue weighted by Gasteiger charge is 2.09. The lowest BCUT2D eigenvalue weighted by molar-refractivity contribution is 0.629. The number of rotatable bonds is 3. The van der Waals surface area contributed by atoms with Crippen molar-refractivity contribution in [1.29, 1.82) is 0 Å². The Hall–Kier alpha value is -2.65. The molecular weight excluding hydrogens is 287 g/mol. The van der Waals surface area contributed by atoms with E-state index >= 15 is 0 Å². The maximum absolute atomic E-state index is 13.6. The standard InChI is InChI=1S/C20H17FN2/c21-17-9-8-14-4-3-5-15(19(14)10-17)12-23-13-16(11-22)18-6-1-2-7-20(18)23/h1-10,13H,11-12,22H2. The summed E-state index contributed by atoms with van der Waals surface area (Å²) in [6.07, 6.45) is 2.10. The van der Waals surface area contributed by atoms with Crippen molar-refractivity contribution in [3.63, 3.8) is 0 Å². The third-order valence-corrected chi connectivity index (χ3v) is 4.37. The first-order valence-electron chi connectivity index (χ1n) is 7.70. The van der Waals surface area contributed by atoms with Crippen LogP contribution in [0.25, 0.3) is 21.7 Å². The SMILES string of the molecule is NCc1cn(Cc2cccc3ccc(F)cc23)c2ccccc12. The molecule has 0 radical (unpaired) electrons. The molecule has 0 aliphatic carbocycles. The van der Waals surface area contributed by atoms with Crippen LogP contribution in [0.4, 0.5) is 4.39 Å². The Bertz CT molecular complexity index is 1000. The predicted molar refractivity (Wildman–Crippen MR) is 92.8 cm³/mol. The van der Waals surface area contributed by atoms with Gasteiger partial charge in [-0.15, -0.1) is 0 Å². The van der Waals surface area contributed by atoms with E-state index in [4.69, 9.17) is 5.73 Å². The van der Waals surface area contributed by atoms with Crippen LogP contribution >= 0.6 is 0 Å². The second-order valence-electron chi connectivity index (χ2n) is 5.79. The first kappa shape index (κ1) is 14.0. The minimum Gasteiger partial charge on any atom is -0.343 e. The molecule has 1 aromatic heterocycles. The van der Waals surface area contributed by atoms with Gasteiger partial charge in [-0.1, -0.05) is 42.5 Å². The van der Waals surface area contributed by atoms with Crippen molar-refractivity contribution >= 4 is 21.7 Å². The van der Waals surface area contributed by atoms with Gasteiger partial charge in [0, 0.05) is 30.2 Å². The number of benzene rings is 3. The molecule has 4 rings (SSSR count). The molecule has 2 N–H and O–H groups in total. The second kappa shape index (κ2) is 5.52. The first-order chi connectivity index (χ1) is 11.3. The predicted octanol–water partition coefficient (Wildman–Crippen LogP) is 4.44. The fourth-order valence-corrected chi connectivity index (χ4v) is 3.25. The summed E-state index contributed by atoms with van der Waals surface area (Å²) in [5, 5.41) is 3.19. The molecule has 0 unspecified atom stereocenters. The molecule has 23 heavy (non-hydrogen) atoms. The van der Waals surface area contributed by atoms with Gasteiger partial charge in [-0.2, -0.15) is 0 Å². The van der Waals surface area contributed by atoms with Crippen LogP contribution in [0.15, 0.2) is 66.9 Å². The van der Waals surface area contributed by atoms with Crippen molar-refractivity contribution in [3.8, 4) is 0 Å². The van der Waals surface area contributed by atoms with Crippen molar-refractivity contribution in [1.82, 2.24) is 4.57 Å². The van der Waals surface area contributed by atoms with Gasteiger partial charge < -0.3 is 10.3 Å². The maximum Gasteiger partial charge on any atom is 0.123 e. The van der Waals surface area contributed by atoms with Gasteiger partial charge in [0.1, 0.15) is 5.82 Å². The largest absolute Gasteiger partial charge is 0.343 e. The lowest BCUT2D eigenvalue weighted by Crippen LogP contribution is -1.99. The van der Waals surface area contributed by atoms with E-state index in [1.54, 1.807) is 6.07 Å².